The van der Waals surface area contributed by atoms with E-state index in [1.807, 2.05) is 4.90 Å². The van der Waals surface area contributed by atoms with Crippen LogP contribution < -0.4 is 5.32 Å². The lowest BCUT2D eigenvalue weighted by Crippen LogP contribution is -2.50. The van der Waals surface area contributed by atoms with Crippen molar-refractivity contribution in [3.05, 3.63) is 0 Å². The summed E-state index contributed by atoms with van der Waals surface area (Å²) in [5, 5.41) is 3.07. The molecule has 0 spiro atoms. The summed E-state index contributed by atoms with van der Waals surface area (Å²) in [6, 6.07) is 0.326. The molecule has 2 saturated carbocycles. The zero-order valence-corrected chi connectivity index (χ0v) is 16.3. The Morgan fingerprint density at radius 1 is 1.21 bits per heavy atom. The first-order valence-corrected chi connectivity index (χ1v) is 11.2. The number of hydrogen-bond acceptors (Lipinski definition) is 3. The van der Waals surface area contributed by atoms with Crippen molar-refractivity contribution in [3.63, 3.8) is 0 Å². The van der Waals surface area contributed by atoms with E-state index in [0.29, 0.717) is 12.6 Å². The zero-order valence-electron chi connectivity index (χ0n) is 15.5. The number of likely N-dealkylation sites (tertiary alicyclic amines) is 1. The van der Waals surface area contributed by atoms with E-state index in [1.54, 1.807) is 0 Å². The Labute approximate surface area is 146 Å². The van der Waals surface area contributed by atoms with Gasteiger partial charge in [-0.25, -0.2) is 13.2 Å². The minimum atomic E-state index is -3.01. The molecule has 1 aliphatic heterocycles. The molecule has 3 aliphatic rings. The van der Waals surface area contributed by atoms with Gasteiger partial charge in [0.25, 0.3) is 0 Å². The standard InChI is InChI=1S/C18H32N2O3S/c1-16(2)8-14-9-17(3,10-16)12-20(14)15(21)19-11-18(6-5-7-18)13-24(4,22)23/h14H,5-13H2,1-4H3,(H,19,21). The molecule has 24 heavy (non-hydrogen) atoms. The first-order chi connectivity index (χ1) is 10.9. The maximum atomic E-state index is 12.8. The highest BCUT2D eigenvalue weighted by atomic mass is 32.2. The first kappa shape index (κ1) is 18.0. The Hall–Kier alpha value is -0.780. The van der Waals surface area contributed by atoms with Gasteiger partial charge in [-0.2, -0.15) is 0 Å². The van der Waals surface area contributed by atoms with Gasteiger partial charge >= 0.3 is 6.03 Å². The number of rotatable bonds is 4. The van der Waals surface area contributed by atoms with E-state index in [2.05, 4.69) is 26.1 Å². The Balaban J connectivity index is 1.62. The molecule has 138 valence electrons. The Morgan fingerprint density at radius 2 is 1.88 bits per heavy atom. The van der Waals surface area contributed by atoms with Crippen LogP contribution in [-0.2, 0) is 9.84 Å². The Morgan fingerprint density at radius 3 is 2.42 bits per heavy atom. The average molecular weight is 357 g/mol. The highest BCUT2D eigenvalue weighted by molar-refractivity contribution is 7.90. The third kappa shape index (κ3) is 3.73. The molecule has 6 heteroatoms. The van der Waals surface area contributed by atoms with Gasteiger partial charge in [-0.3, -0.25) is 0 Å². The van der Waals surface area contributed by atoms with E-state index in [4.69, 9.17) is 0 Å². The summed E-state index contributed by atoms with van der Waals surface area (Å²) < 4.78 is 23.4. The second-order valence-electron chi connectivity index (χ2n) is 9.92. The van der Waals surface area contributed by atoms with Crippen LogP contribution in [0.25, 0.3) is 0 Å². The van der Waals surface area contributed by atoms with Gasteiger partial charge in [-0.05, 0) is 42.9 Å². The molecule has 3 rings (SSSR count). The Bertz CT molecular complexity index is 624. The summed E-state index contributed by atoms with van der Waals surface area (Å²) in [5.74, 6) is 0.189. The molecule has 1 N–H and O–H groups in total. The zero-order chi connectivity index (χ0) is 17.8. The molecule has 0 aromatic heterocycles. The highest BCUT2D eigenvalue weighted by Crippen LogP contribution is 2.52. The van der Waals surface area contributed by atoms with Crippen molar-refractivity contribution in [1.29, 1.82) is 0 Å². The van der Waals surface area contributed by atoms with Crippen LogP contribution >= 0.6 is 0 Å². The number of hydrogen-bond donors (Lipinski definition) is 1. The van der Waals surface area contributed by atoms with Gasteiger partial charge in [0.2, 0.25) is 0 Å². The van der Waals surface area contributed by atoms with Gasteiger partial charge in [0, 0.05) is 30.8 Å². The first-order valence-electron chi connectivity index (χ1n) is 9.13. The van der Waals surface area contributed by atoms with E-state index in [1.165, 1.54) is 6.26 Å². The molecule has 2 bridgehead atoms. The molecule has 3 fully saturated rings. The van der Waals surface area contributed by atoms with Crippen LogP contribution in [0.15, 0.2) is 0 Å². The van der Waals surface area contributed by atoms with Crippen molar-refractivity contribution >= 4 is 15.9 Å². The van der Waals surface area contributed by atoms with Crippen molar-refractivity contribution in [2.75, 3.05) is 25.1 Å². The van der Waals surface area contributed by atoms with Gasteiger partial charge in [-0.1, -0.05) is 27.2 Å². The van der Waals surface area contributed by atoms with Crippen molar-refractivity contribution in [3.8, 4) is 0 Å². The average Bonchev–Trinajstić information content (AvgIpc) is 2.60. The summed E-state index contributed by atoms with van der Waals surface area (Å²) >= 11 is 0. The van der Waals surface area contributed by atoms with E-state index in [9.17, 15) is 13.2 Å². The van der Waals surface area contributed by atoms with Crippen LogP contribution in [0.3, 0.4) is 0 Å². The van der Waals surface area contributed by atoms with E-state index >= 15 is 0 Å². The number of amides is 2. The molecule has 2 unspecified atom stereocenters. The van der Waals surface area contributed by atoms with Crippen molar-refractivity contribution < 1.29 is 13.2 Å². The number of urea groups is 1. The number of carbonyl (C=O) groups is 1. The molecule has 0 aromatic rings. The smallest absolute Gasteiger partial charge is 0.317 e. The predicted molar refractivity (Wildman–Crippen MR) is 95.6 cm³/mol. The molecule has 2 amide bonds. The fraction of sp³-hybridized carbons (Fsp3) is 0.944. The Kier molecular flexibility index (Phi) is 4.22. The van der Waals surface area contributed by atoms with Crippen LogP contribution in [0.1, 0.15) is 59.3 Å². The van der Waals surface area contributed by atoms with Gasteiger partial charge < -0.3 is 10.2 Å². The summed E-state index contributed by atoms with van der Waals surface area (Å²) in [5.41, 5.74) is 0.282. The number of nitrogens with one attached hydrogen (secondary N) is 1. The van der Waals surface area contributed by atoms with Crippen LogP contribution in [0.4, 0.5) is 4.79 Å². The largest absolute Gasteiger partial charge is 0.337 e. The molecule has 0 radical (unpaired) electrons. The summed E-state index contributed by atoms with van der Waals surface area (Å²) in [4.78, 5) is 14.8. The number of fused-ring (bicyclic) bond motifs is 2. The summed E-state index contributed by atoms with van der Waals surface area (Å²) in [7, 11) is -3.01. The highest BCUT2D eigenvalue weighted by Gasteiger charge is 2.51. The number of carbonyl (C=O) groups excluding carboxylic acids is 1. The van der Waals surface area contributed by atoms with E-state index < -0.39 is 9.84 Å². The van der Waals surface area contributed by atoms with Gasteiger partial charge in [0.15, 0.2) is 0 Å². The number of nitrogens with zero attached hydrogens (tertiary/aromatic N) is 1. The molecular formula is C18H32N2O3S. The lowest BCUT2D eigenvalue weighted by Gasteiger charge is -2.42. The molecule has 2 atom stereocenters. The topological polar surface area (TPSA) is 66.5 Å². The maximum Gasteiger partial charge on any atom is 0.317 e. The third-order valence-corrected chi connectivity index (χ3v) is 7.41. The van der Waals surface area contributed by atoms with E-state index in [0.717, 1.165) is 45.1 Å². The van der Waals surface area contributed by atoms with Gasteiger partial charge in [0.1, 0.15) is 9.84 Å². The molecule has 5 nitrogen and oxygen atoms in total. The van der Waals surface area contributed by atoms with Crippen LogP contribution in [0, 0.1) is 16.2 Å². The fourth-order valence-corrected chi connectivity index (χ4v) is 7.17. The van der Waals surface area contributed by atoms with Gasteiger partial charge in [-0.15, -0.1) is 0 Å². The second kappa shape index (κ2) is 5.61. The molecule has 1 heterocycles. The lowest BCUT2D eigenvalue weighted by molar-refractivity contribution is 0.126. The molecule has 0 aromatic carbocycles. The van der Waals surface area contributed by atoms with Crippen molar-refractivity contribution in [1.82, 2.24) is 10.2 Å². The minimum Gasteiger partial charge on any atom is -0.337 e. The predicted octanol–water partition coefficient (Wildman–Crippen LogP) is 2.81. The number of sulfone groups is 1. The fourth-order valence-electron chi connectivity index (χ4n) is 5.67. The minimum absolute atomic E-state index is 0.00111. The molecular weight excluding hydrogens is 324 g/mol. The maximum absolute atomic E-state index is 12.8. The summed E-state index contributed by atoms with van der Waals surface area (Å²) in [6.07, 6.45) is 7.47. The van der Waals surface area contributed by atoms with Gasteiger partial charge in [0.05, 0.1) is 5.75 Å². The molecule has 1 saturated heterocycles. The monoisotopic (exact) mass is 356 g/mol. The molecule has 2 aliphatic carbocycles. The van der Waals surface area contributed by atoms with Crippen LogP contribution in [0.2, 0.25) is 0 Å². The SMILES string of the molecule is CC1(C)CC2CC(C)(CN2C(=O)NCC2(CS(C)(=O)=O)CCC2)C1. The van der Waals surface area contributed by atoms with Crippen LogP contribution in [-0.4, -0.2) is 50.5 Å². The van der Waals surface area contributed by atoms with Crippen molar-refractivity contribution in [2.45, 2.75) is 65.3 Å². The second-order valence-corrected chi connectivity index (χ2v) is 12.1. The third-order valence-electron chi connectivity index (χ3n) is 6.27. The lowest BCUT2D eigenvalue weighted by atomic mass is 9.65. The van der Waals surface area contributed by atoms with E-state index in [-0.39, 0.29) is 28.0 Å². The van der Waals surface area contributed by atoms with Crippen LogP contribution in [0.5, 0.6) is 0 Å². The summed E-state index contributed by atoms with van der Waals surface area (Å²) in [6.45, 7) is 8.21. The normalized spacial score (nSPS) is 33.8. The van der Waals surface area contributed by atoms with Crippen molar-refractivity contribution in [2.24, 2.45) is 16.2 Å². The quantitative estimate of drug-likeness (QED) is 0.842.